The quantitative estimate of drug-likeness (QED) is 0.690. The number of pyridine rings is 1. The molecule has 6 rings (SSSR count). The smallest absolute Gasteiger partial charge is 0.229 e. The highest BCUT2D eigenvalue weighted by molar-refractivity contribution is 5.95. The van der Waals surface area contributed by atoms with Crippen LogP contribution in [0, 0.1) is 17.3 Å². The molecule has 0 saturated heterocycles. The molecule has 0 unspecified atom stereocenters. The molecule has 3 heterocycles. The van der Waals surface area contributed by atoms with Crippen LogP contribution in [0.1, 0.15) is 56.7 Å². The van der Waals surface area contributed by atoms with Crippen LogP contribution in [-0.2, 0) is 17.6 Å². The zero-order valence-corrected chi connectivity index (χ0v) is 17.7. The first-order valence-electron chi connectivity index (χ1n) is 11.2. The lowest BCUT2D eigenvalue weighted by Crippen LogP contribution is -2.34. The Bertz CT molecular complexity index is 1140. The Kier molecular flexibility index (Phi) is 3.86. The number of anilines is 1. The maximum absolute atomic E-state index is 12.9. The maximum Gasteiger partial charge on any atom is 0.229 e. The summed E-state index contributed by atoms with van der Waals surface area (Å²) in [7, 11) is 1.85. The van der Waals surface area contributed by atoms with Gasteiger partial charge in [-0.3, -0.25) is 9.89 Å². The number of carbonyl (C=O) groups is 1. The lowest BCUT2D eigenvalue weighted by atomic mass is 9.88. The molecule has 0 radical (unpaired) electrons. The number of aromatic amines is 2. The summed E-state index contributed by atoms with van der Waals surface area (Å²) < 4.78 is 0. The van der Waals surface area contributed by atoms with Crippen LogP contribution in [0.4, 0.5) is 5.69 Å². The van der Waals surface area contributed by atoms with E-state index in [1.807, 2.05) is 13.1 Å². The van der Waals surface area contributed by atoms with Crippen LogP contribution in [0.5, 0.6) is 0 Å². The minimum Gasteiger partial charge on any atom is -0.335 e. The first kappa shape index (κ1) is 18.1. The van der Waals surface area contributed by atoms with Crippen molar-refractivity contribution in [3.05, 3.63) is 23.5 Å². The molecule has 3 aromatic rings. The SMILES string of the molecule is CN(C(=O)C1CCCCC1)c1cnc2nc(-c3n[nH]c4c3C[C@@H]3C[C@]3(C)C4)[nH]c2c1. The fraction of sp³-hybridized carbons (Fsp3) is 0.565. The zero-order valence-electron chi connectivity index (χ0n) is 17.7. The molecular formula is C23H28N6O. The van der Waals surface area contributed by atoms with E-state index in [1.54, 1.807) is 11.1 Å². The van der Waals surface area contributed by atoms with E-state index in [9.17, 15) is 4.79 Å². The molecule has 1 amide bonds. The van der Waals surface area contributed by atoms with Crippen molar-refractivity contribution in [1.29, 1.82) is 0 Å². The van der Waals surface area contributed by atoms with Gasteiger partial charge in [-0.1, -0.05) is 26.2 Å². The highest BCUT2D eigenvalue weighted by Gasteiger charge is 2.53. The summed E-state index contributed by atoms with van der Waals surface area (Å²) in [6.45, 7) is 2.37. The van der Waals surface area contributed by atoms with Crippen LogP contribution in [-0.4, -0.2) is 38.1 Å². The number of aromatic nitrogens is 5. The second-order valence-corrected chi connectivity index (χ2v) is 9.85. The summed E-state index contributed by atoms with van der Waals surface area (Å²) in [5.41, 5.74) is 6.27. The monoisotopic (exact) mass is 404 g/mol. The van der Waals surface area contributed by atoms with Crippen LogP contribution < -0.4 is 4.90 Å². The molecule has 2 N–H and O–H groups in total. The van der Waals surface area contributed by atoms with Gasteiger partial charge in [-0.25, -0.2) is 9.97 Å². The van der Waals surface area contributed by atoms with Gasteiger partial charge in [0.15, 0.2) is 11.5 Å². The molecule has 3 aliphatic carbocycles. The molecule has 7 heteroatoms. The van der Waals surface area contributed by atoms with Crippen LogP contribution in [0.3, 0.4) is 0 Å². The second kappa shape index (κ2) is 6.40. The fourth-order valence-electron chi connectivity index (χ4n) is 5.59. The molecule has 30 heavy (non-hydrogen) atoms. The topological polar surface area (TPSA) is 90.6 Å². The van der Waals surface area contributed by atoms with Gasteiger partial charge in [-0.2, -0.15) is 5.10 Å². The fourth-order valence-corrected chi connectivity index (χ4v) is 5.59. The van der Waals surface area contributed by atoms with E-state index in [4.69, 9.17) is 4.98 Å². The molecule has 2 saturated carbocycles. The molecule has 3 aliphatic rings. The Morgan fingerprint density at radius 3 is 2.93 bits per heavy atom. The minimum absolute atomic E-state index is 0.139. The number of nitrogens with one attached hydrogen (secondary N) is 2. The summed E-state index contributed by atoms with van der Waals surface area (Å²) in [4.78, 5) is 27.3. The summed E-state index contributed by atoms with van der Waals surface area (Å²) >= 11 is 0. The summed E-state index contributed by atoms with van der Waals surface area (Å²) in [5, 5.41) is 7.83. The summed E-state index contributed by atoms with van der Waals surface area (Å²) in [5.74, 6) is 1.87. The molecule has 2 fully saturated rings. The molecule has 156 valence electrons. The number of imidazole rings is 1. The molecule has 0 bridgehead atoms. The molecule has 0 spiro atoms. The van der Waals surface area contributed by atoms with Crippen LogP contribution >= 0.6 is 0 Å². The Morgan fingerprint density at radius 1 is 1.27 bits per heavy atom. The Balaban J connectivity index is 1.29. The number of carbonyl (C=O) groups excluding carboxylic acids is 1. The van der Waals surface area contributed by atoms with Crippen LogP contribution in [0.25, 0.3) is 22.7 Å². The van der Waals surface area contributed by atoms with Gasteiger partial charge in [-0.15, -0.1) is 0 Å². The number of rotatable bonds is 3. The average Bonchev–Trinajstić information content (AvgIpc) is 3.07. The predicted octanol–water partition coefficient (Wildman–Crippen LogP) is 4.02. The maximum atomic E-state index is 12.9. The third-order valence-electron chi connectivity index (χ3n) is 7.74. The highest BCUT2D eigenvalue weighted by Crippen LogP contribution is 2.59. The Labute approximate surface area is 175 Å². The van der Waals surface area contributed by atoms with Gasteiger partial charge in [0.2, 0.25) is 5.91 Å². The normalized spacial score (nSPS) is 25.7. The molecule has 7 nitrogen and oxygen atoms in total. The van der Waals surface area contributed by atoms with Crippen LogP contribution in [0.15, 0.2) is 12.3 Å². The predicted molar refractivity (Wildman–Crippen MR) is 115 cm³/mol. The van der Waals surface area contributed by atoms with E-state index < -0.39 is 0 Å². The van der Waals surface area contributed by atoms with Crippen molar-refractivity contribution in [2.75, 3.05) is 11.9 Å². The van der Waals surface area contributed by atoms with Crippen LogP contribution in [0.2, 0.25) is 0 Å². The number of amides is 1. The van der Waals surface area contributed by atoms with Gasteiger partial charge in [0.05, 0.1) is 17.4 Å². The van der Waals surface area contributed by atoms with E-state index in [-0.39, 0.29) is 11.8 Å². The minimum atomic E-state index is 0.139. The summed E-state index contributed by atoms with van der Waals surface area (Å²) in [6.07, 6.45) is 10.8. The van der Waals surface area contributed by atoms with Gasteiger partial charge in [0.1, 0.15) is 5.69 Å². The highest BCUT2D eigenvalue weighted by atomic mass is 16.2. The van der Waals surface area contributed by atoms with Crippen molar-refractivity contribution >= 4 is 22.8 Å². The van der Waals surface area contributed by atoms with Gasteiger partial charge in [0.25, 0.3) is 0 Å². The van der Waals surface area contributed by atoms with Crippen molar-refractivity contribution in [2.24, 2.45) is 17.3 Å². The lowest BCUT2D eigenvalue weighted by molar-refractivity contribution is -0.123. The number of nitrogens with zero attached hydrogens (tertiary/aromatic N) is 4. The Morgan fingerprint density at radius 2 is 2.10 bits per heavy atom. The number of H-pyrrole nitrogens is 2. The molecule has 0 aliphatic heterocycles. The van der Waals surface area contributed by atoms with E-state index in [1.165, 1.54) is 24.1 Å². The van der Waals surface area contributed by atoms with Gasteiger partial charge in [0, 0.05) is 24.2 Å². The third kappa shape index (κ3) is 2.78. The van der Waals surface area contributed by atoms with Gasteiger partial charge < -0.3 is 9.88 Å². The molecule has 3 aromatic heterocycles. The largest absolute Gasteiger partial charge is 0.335 e. The van der Waals surface area contributed by atoms with E-state index in [2.05, 4.69) is 27.1 Å². The van der Waals surface area contributed by atoms with Crippen molar-refractivity contribution in [2.45, 2.75) is 58.3 Å². The van der Waals surface area contributed by atoms with Gasteiger partial charge >= 0.3 is 0 Å². The Hall–Kier alpha value is -2.70. The average molecular weight is 405 g/mol. The number of fused-ring (bicyclic) bond motifs is 3. The molecular weight excluding hydrogens is 376 g/mol. The molecule has 2 atom stereocenters. The van der Waals surface area contributed by atoms with Crippen molar-refractivity contribution in [3.8, 4) is 11.5 Å². The van der Waals surface area contributed by atoms with Crippen molar-refractivity contribution in [1.82, 2.24) is 25.1 Å². The number of hydrogen-bond acceptors (Lipinski definition) is 4. The van der Waals surface area contributed by atoms with E-state index in [0.717, 1.165) is 67.2 Å². The second-order valence-electron chi connectivity index (χ2n) is 9.85. The van der Waals surface area contributed by atoms with E-state index in [0.29, 0.717) is 11.1 Å². The first-order chi connectivity index (χ1) is 14.5. The van der Waals surface area contributed by atoms with Crippen molar-refractivity contribution < 1.29 is 4.79 Å². The van der Waals surface area contributed by atoms with Gasteiger partial charge in [-0.05, 0) is 49.5 Å². The van der Waals surface area contributed by atoms with Crippen molar-refractivity contribution in [3.63, 3.8) is 0 Å². The third-order valence-corrected chi connectivity index (χ3v) is 7.74. The zero-order chi connectivity index (χ0) is 20.5. The summed E-state index contributed by atoms with van der Waals surface area (Å²) in [6, 6.07) is 1.98. The number of hydrogen-bond donors (Lipinski definition) is 2. The standard InChI is InChI=1S/C23H28N6O/c1-23-10-14(23)8-16-18(11-23)27-28-19(16)21-25-17-9-15(12-24-20(17)26-21)29(2)22(30)13-6-4-3-5-7-13/h9,12-14H,3-8,10-11H2,1-2H3,(H,27,28)(H,24,25,26)/t14-,23-/m1/s1. The van der Waals surface area contributed by atoms with E-state index >= 15 is 0 Å². The lowest BCUT2D eigenvalue weighted by Gasteiger charge is -2.26. The first-order valence-corrected chi connectivity index (χ1v) is 11.2. The molecule has 0 aromatic carbocycles.